The zero-order valence-corrected chi connectivity index (χ0v) is 12.1. The fraction of sp³-hybridized carbons (Fsp3) is 0.357. The van der Waals surface area contributed by atoms with E-state index in [4.69, 9.17) is 4.74 Å². The summed E-state index contributed by atoms with van der Waals surface area (Å²) in [6.07, 6.45) is 2.94. The minimum absolute atomic E-state index is 0. The molecule has 4 nitrogen and oxygen atoms in total. The summed E-state index contributed by atoms with van der Waals surface area (Å²) in [5, 5.41) is 5.92. The third kappa shape index (κ3) is 3.95. The third-order valence-electron chi connectivity index (χ3n) is 3.06. The molecule has 0 saturated carbocycles. The lowest BCUT2D eigenvalue weighted by Crippen LogP contribution is -2.30. The molecule has 0 unspecified atom stereocenters. The number of carbonyl (C=O) groups excluding carboxylic acids is 1. The van der Waals surface area contributed by atoms with Gasteiger partial charge < -0.3 is 15.4 Å². The SMILES string of the molecule is COc1cccc(F)c1C(=O)NCC1=CCNCC1.Cl. The Morgan fingerprint density at radius 1 is 1.50 bits per heavy atom. The van der Waals surface area contributed by atoms with Gasteiger partial charge in [-0.1, -0.05) is 17.7 Å². The van der Waals surface area contributed by atoms with Crippen molar-refractivity contribution in [1.82, 2.24) is 10.6 Å². The maximum absolute atomic E-state index is 13.7. The average molecular weight is 301 g/mol. The molecule has 110 valence electrons. The molecule has 1 aromatic carbocycles. The van der Waals surface area contributed by atoms with Gasteiger partial charge >= 0.3 is 0 Å². The molecule has 0 saturated heterocycles. The number of hydrogen-bond donors (Lipinski definition) is 2. The maximum Gasteiger partial charge on any atom is 0.258 e. The second kappa shape index (κ2) is 7.87. The standard InChI is InChI=1S/C14H17FN2O2.ClH/c1-19-12-4-2-3-11(15)13(12)14(18)17-9-10-5-7-16-8-6-10;/h2-5,16H,6-9H2,1H3,(H,17,18);1H. The minimum atomic E-state index is -0.573. The quantitative estimate of drug-likeness (QED) is 0.835. The minimum Gasteiger partial charge on any atom is -0.496 e. The summed E-state index contributed by atoms with van der Waals surface area (Å²) in [7, 11) is 1.42. The summed E-state index contributed by atoms with van der Waals surface area (Å²) in [4.78, 5) is 12.0. The summed E-state index contributed by atoms with van der Waals surface area (Å²) in [6.45, 7) is 2.16. The molecule has 6 heteroatoms. The van der Waals surface area contributed by atoms with Crippen LogP contribution in [0.2, 0.25) is 0 Å². The Kier molecular flexibility index (Phi) is 6.48. The Balaban J connectivity index is 0.00000200. The summed E-state index contributed by atoms with van der Waals surface area (Å²) in [5.41, 5.74) is 1.11. The van der Waals surface area contributed by atoms with Crippen molar-refractivity contribution in [2.24, 2.45) is 0 Å². The summed E-state index contributed by atoms with van der Waals surface area (Å²) in [6, 6.07) is 4.34. The van der Waals surface area contributed by atoms with E-state index in [1.807, 2.05) is 6.08 Å². The van der Waals surface area contributed by atoms with Crippen molar-refractivity contribution in [3.63, 3.8) is 0 Å². The average Bonchev–Trinajstić information content (AvgIpc) is 2.45. The van der Waals surface area contributed by atoms with Gasteiger partial charge in [0.25, 0.3) is 5.91 Å². The van der Waals surface area contributed by atoms with Gasteiger partial charge in [0.1, 0.15) is 17.1 Å². The van der Waals surface area contributed by atoms with Crippen LogP contribution in [0, 0.1) is 5.82 Å². The molecule has 0 aliphatic carbocycles. The first-order valence-electron chi connectivity index (χ1n) is 6.21. The van der Waals surface area contributed by atoms with Crippen molar-refractivity contribution >= 4 is 18.3 Å². The van der Waals surface area contributed by atoms with Gasteiger partial charge in [-0.15, -0.1) is 12.4 Å². The van der Waals surface area contributed by atoms with Crippen LogP contribution in [0.15, 0.2) is 29.8 Å². The zero-order valence-electron chi connectivity index (χ0n) is 11.2. The van der Waals surface area contributed by atoms with Crippen molar-refractivity contribution in [3.8, 4) is 5.75 Å². The highest BCUT2D eigenvalue weighted by atomic mass is 35.5. The van der Waals surface area contributed by atoms with Gasteiger partial charge in [0.05, 0.1) is 7.11 Å². The molecule has 0 aromatic heterocycles. The first-order valence-corrected chi connectivity index (χ1v) is 6.21. The van der Waals surface area contributed by atoms with Crippen molar-refractivity contribution < 1.29 is 13.9 Å². The number of hydrogen-bond acceptors (Lipinski definition) is 3. The van der Waals surface area contributed by atoms with E-state index >= 15 is 0 Å². The zero-order chi connectivity index (χ0) is 13.7. The third-order valence-corrected chi connectivity index (χ3v) is 3.06. The van der Waals surface area contributed by atoms with Gasteiger partial charge in [-0.05, 0) is 25.1 Å². The number of benzene rings is 1. The van der Waals surface area contributed by atoms with Gasteiger partial charge in [-0.25, -0.2) is 4.39 Å². The maximum atomic E-state index is 13.7. The second-order valence-electron chi connectivity index (χ2n) is 4.32. The molecule has 20 heavy (non-hydrogen) atoms. The van der Waals surface area contributed by atoms with Gasteiger partial charge in [-0.2, -0.15) is 0 Å². The fourth-order valence-corrected chi connectivity index (χ4v) is 2.01. The number of nitrogens with one attached hydrogen (secondary N) is 2. The Bertz CT molecular complexity index is 506. The predicted octanol–water partition coefficient (Wildman–Crippen LogP) is 1.91. The summed E-state index contributed by atoms with van der Waals surface area (Å²) in [5.74, 6) is -0.776. The van der Waals surface area contributed by atoms with Crippen LogP contribution in [0.1, 0.15) is 16.8 Å². The number of amides is 1. The van der Waals surface area contributed by atoms with E-state index in [0.29, 0.717) is 6.54 Å². The first-order chi connectivity index (χ1) is 9.22. The predicted molar refractivity (Wildman–Crippen MR) is 78.1 cm³/mol. The molecule has 1 aromatic rings. The molecule has 2 N–H and O–H groups in total. The van der Waals surface area contributed by atoms with Crippen molar-refractivity contribution in [2.45, 2.75) is 6.42 Å². The molecule has 0 bridgehead atoms. The van der Waals surface area contributed by atoms with E-state index in [-0.39, 0.29) is 23.7 Å². The molecular weight excluding hydrogens is 283 g/mol. The van der Waals surface area contributed by atoms with Gasteiger partial charge in [0.15, 0.2) is 0 Å². The van der Waals surface area contributed by atoms with Crippen molar-refractivity contribution in [2.75, 3.05) is 26.7 Å². The highest BCUT2D eigenvalue weighted by Crippen LogP contribution is 2.20. The summed E-state index contributed by atoms with van der Waals surface area (Å²) >= 11 is 0. The molecule has 1 aliphatic rings. The monoisotopic (exact) mass is 300 g/mol. The highest BCUT2D eigenvalue weighted by Gasteiger charge is 2.17. The van der Waals surface area contributed by atoms with Crippen LogP contribution in [0.4, 0.5) is 4.39 Å². The number of rotatable bonds is 4. The van der Waals surface area contributed by atoms with E-state index < -0.39 is 11.7 Å². The lowest BCUT2D eigenvalue weighted by molar-refractivity contribution is 0.0949. The number of ether oxygens (including phenoxy) is 1. The number of carbonyl (C=O) groups is 1. The van der Waals surface area contributed by atoms with Crippen molar-refractivity contribution in [1.29, 1.82) is 0 Å². The van der Waals surface area contributed by atoms with E-state index in [1.165, 1.54) is 19.2 Å². The number of halogens is 2. The Hall–Kier alpha value is -1.59. The van der Waals surface area contributed by atoms with E-state index in [2.05, 4.69) is 10.6 Å². The lowest BCUT2D eigenvalue weighted by Gasteiger charge is -2.15. The van der Waals surface area contributed by atoms with Crippen LogP contribution in [0.3, 0.4) is 0 Å². The molecular formula is C14H18ClFN2O2. The van der Waals surface area contributed by atoms with Gasteiger partial charge in [0.2, 0.25) is 0 Å². The molecule has 1 heterocycles. The largest absolute Gasteiger partial charge is 0.496 e. The van der Waals surface area contributed by atoms with Crippen LogP contribution in [-0.2, 0) is 0 Å². The fourth-order valence-electron chi connectivity index (χ4n) is 2.01. The molecule has 2 rings (SSSR count). The van der Waals surface area contributed by atoms with E-state index in [9.17, 15) is 9.18 Å². The lowest BCUT2D eigenvalue weighted by atomic mass is 10.1. The molecule has 0 atom stereocenters. The van der Waals surface area contributed by atoms with Crippen molar-refractivity contribution in [3.05, 3.63) is 41.2 Å². The van der Waals surface area contributed by atoms with Crippen LogP contribution in [0.5, 0.6) is 5.75 Å². The normalized spacial score (nSPS) is 14.0. The van der Waals surface area contributed by atoms with Gasteiger partial charge in [-0.3, -0.25) is 4.79 Å². The molecule has 1 aliphatic heterocycles. The molecule has 0 fully saturated rings. The molecule has 0 radical (unpaired) electrons. The Morgan fingerprint density at radius 2 is 2.30 bits per heavy atom. The molecule has 1 amide bonds. The van der Waals surface area contributed by atoms with Crippen LogP contribution in [0.25, 0.3) is 0 Å². The van der Waals surface area contributed by atoms with Crippen LogP contribution >= 0.6 is 12.4 Å². The summed E-state index contributed by atoms with van der Waals surface area (Å²) < 4.78 is 18.7. The van der Waals surface area contributed by atoms with E-state index in [1.54, 1.807) is 6.07 Å². The van der Waals surface area contributed by atoms with Crippen LogP contribution < -0.4 is 15.4 Å². The topological polar surface area (TPSA) is 50.4 Å². The Morgan fingerprint density at radius 3 is 2.95 bits per heavy atom. The van der Waals surface area contributed by atoms with E-state index in [0.717, 1.165) is 25.1 Å². The highest BCUT2D eigenvalue weighted by molar-refractivity contribution is 5.97. The first kappa shape index (κ1) is 16.5. The van der Waals surface area contributed by atoms with Gasteiger partial charge in [0, 0.05) is 13.1 Å². The van der Waals surface area contributed by atoms with Crippen LogP contribution in [-0.4, -0.2) is 32.7 Å². The molecule has 0 spiro atoms. The number of methoxy groups -OCH3 is 1. The smallest absolute Gasteiger partial charge is 0.258 e. The Labute approximate surface area is 123 Å². The second-order valence-corrected chi connectivity index (χ2v) is 4.32.